The molecule has 7 nitrogen and oxygen atoms in total. The van der Waals surface area contributed by atoms with Crippen LogP contribution in [0.5, 0.6) is 0 Å². The average molecular weight is 395 g/mol. The number of piperidine rings is 1. The van der Waals surface area contributed by atoms with Gasteiger partial charge in [-0.3, -0.25) is 14.6 Å². The molecule has 0 aromatic rings. The number of amides is 1. The maximum atomic E-state index is 12.3. The van der Waals surface area contributed by atoms with E-state index in [0.29, 0.717) is 6.04 Å². The second-order valence-electron chi connectivity index (χ2n) is 9.45. The summed E-state index contributed by atoms with van der Waals surface area (Å²) in [6, 6.07) is 0.391. The van der Waals surface area contributed by atoms with E-state index in [1.54, 1.807) is 0 Å². The molecule has 1 amide bonds. The first-order valence-electron chi connectivity index (χ1n) is 11.1. The monoisotopic (exact) mass is 394 g/mol. The number of ether oxygens (including phenoxy) is 1. The number of hydrogen-bond donors (Lipinski definition) is 0. The lowest BCUT2D eigenvalue weighted by Gasteiger charge is -2.47. The molecular weight excluding hydrogens is 356 g/mol. The van der Waals surface area contributed by atoms with Crippen LogP contribution in [0, 0.1) is 5.92 Å². The zero-order valence-electron chi connectivity index (χ0n) is 17.9. The molecule has 7 heteroatoms. The summed E-state index contributed by atoms with van der Waals surface area (Å²) in [5.74, 6) is -0.0281. The topological polar surface area (TPSA) is 56.3 Å². The van der Waals surface area contributed by atoms with Gasteiger partial charge in [-0.2, -0.15) is 0 Å². The van der Waals surface area contributed by atoms with E-state index in [-0.39, 0.29) is 11.9 Å². The fourth-order valence-electron chi connectivity index (χ4n) is 4.70. The van der Waals surface area contributed by atoms with Gasteiger partial charge in [-0.05, 0) is 46.5 Å². The fraction of sp³-hybridized carbons (Fsp3) is 0.905. The Morgan fingerprint density at radius 1 is 0.893 bits per heavy atom. The van der Waals surface area contributed by atoms with Gasteiger partial charge in [0, 0.05) is 45.3 Å². The van der Waals surface area contributed by atoms with Crippen LogP contribution in [0.25, 0.3) is 0 Å². The molecule has 0 N–H and O–H groups in total. The van der Waals surface area contributed by atoms with Gasteiger partial charge in [-0.25, -0.2) is 15.0 Å². The van der Waals surface area contributed by atoms with E-state index in [1.807, 2.05) is 25.8 Å². The Morgan fingerprint density at radius 2 is 1.46 bits per heavy atom. The molecule has 160 valence electrons. The van der Waals surface area contributed by atoms with Crippen LogP contribution < -0.4 is 0 Å². The molecule has 2 heterocycles. The molecule has 0 atom stereocenters. The molecule has 3 aliphatic rings. The van der Waals surface area contributed by atoms with Crippen molar-refractivity contribution in [2.24, 2.45) is 5.92 Å². The zero-order chi connectivity index (χ0) is 20.1. The molecule has 1 aliphatic carbocycles. The molecule has 0 spiro atoms. The van der Waals surface area contributed by atoms with Crippen molar-refractivity contribution in [3.63, 3.8) is 0 Å². The Labute approximate surface area is 169 Å². The summed E-state index contributed by atoms with van der Waals surface area (Å²) in [5, 5.41) is 9.02. The first-order chi connectivity index (χ1) is 13.4. The van der Waals surface area contributed by atoms with Crippen molar-refractivity contribution in [2.45, 2.75) is 77.4 Å². The Balaban J connectivity index is 1.43. The SMILES string of the molecule is CC(C)(C)OC(=O)C1CCN(N2CCN(N(C=O)C3CCCCC3)CC2)CC1. The number of hydrogen-bond acceptors (Lipinski definition) is 6. The van der Waals surface area contributed by atoms with Gasteiger partial charge in [-0.15, -0.1) is 0 Å². The van der Waals surface area contributed by atoms with E-state index in [4.69, 9.17) is 4.74 Å². The number of piperazine rings is 1. The minimum absolute atomic E-state index is 0.0219. The quantitative estimate of drug-likeness (QED) is 0.527. The lowest BCUT2D eigenvalue weighted by Crippen LogP contribution is -2.60. The lowest BCUT2D eigenvalue weighted by molar-refractivity contribution is -0.167. The summed E-state index contributed by atoms with van der Waals surface area (Å²) in [4.78, 5) is 24.0. The first kappa shape index (κ1) is 21.5. The van der Waals surface area contributed by atoms with Gasteiger partial charge in [0.05, 0.1) is 5.92 Å². The summed E-state index contributed by atoms with van der Waals surface area (Å²) in [5.41, 5.74) is -0.409. The van der Waals surface area contributed by atoms with E-state index in [2.05, 4.69) is 15.0 Å². The fourth-order valence-corrected chi connectivity index (χ4v) is 4.70. The molecule has 0 bridgehead atoms. The van der Waals surface area contributed by atoms with Gasteiger partial charge in [0.1, 0.15) is 5.60 Å². The third-order valence-corrected chi connectivity index (χ3v) is 6.23. The number of hydrazine groups is 2. The van der Waals surface area contributed by atoms with Crippen molar-refractivity contribution in [3.05, 3.63) is 0 Å². The van der Waals surface area contributed by atoms with E-state index in [1.165, 1.54) is 19.3 Å². The van der Waals surface area contributed by atoms with Crippen molar-refractivity contribution in [2.75, 3.05) is 39.3 Å². The second kappa shape index (κ2) is 9.55. The normalized spacial score (nSPS) is 24.8. The highest BCUT2D eigenvalue weighted by Gasteiger charge is 2.33. The van der Waals surface area contributed by atoms with Gasteiger partial charge in [0.25, 0.3) is 0 Å². The number of carbonyl (C=O) groups is 2. The van der Waals surface area contributed by atoms with Gasteiger partial charge in [0.2, 0.25) is 6.41 Å². The van der Waals surface area contributed by atoms with Crippen molar-refractivity contribution < 1.29 is 14.3 Å². The first-order valence-corrected chi connectivity index (χ1v) is 11.1. The zero-order valence-corrected chi connectivity index (χ0v) is 17.9. The van der Waals surface area contributed by atoms with E-state index in [9.17, 15) is 9.59 Å². The van der Waals surface area contributed by atoms with Crippen LogP contribution in [0.3, 0.4) is 0 Å². The molecule has 28 heavy (non-hydrogen) atoms. The maximum absolute atomic E-state index is 12.3. The third-order valence-electron chi connectivity index (χ3n) is 6.23. The van der Waals surface area contributed by atoms with Gasteiger partial charge >= 0.3 is 5.97 Å². The van der Waals surface area contributed by atoms with Crippen LogP contribution in [0.1, 0.15) is 65.7 Å². The molecule has 1 saturated carbocycles. The van der Waals surface area contributed by atoms with Crippen LogP contribution in [-0.4, -0.2) is 83.3 Å². The van der Waals surface area contributed by atoms with Crippen LogP contribution in [0.2, 0.25) is 0 Å². The minimum Gasteiger partial charge on any atom is -0.460 e. The number of nitrogens with zero attached hydrogens (tertiary/aromatic N) is 4. The van der Waals surface area contributed by atoms with Crippen LogP contribution in [-0.2, 0) is 14.3 Å². The highest BCUT2D eigenvalue weighted by molar-refractivity contribution is 5.73. The smallest absolute Gasteiger partial charge is 0.309 e. The van der Waals surface area contributed by atoms with Crippen molar-refractivity contribution in [1.29, 1.82) is 0 Å². The lowest BCUT2D eigenvalue weighted by atomic mass is 9.95. The summed E-state index contributed by atoms with van der Waals surface area (Å²) in [6.45, 7) is 11.2. The van der Waals surface area contributed by atoms with Crippen molar-refractivity contribution >= 4 is 12.4 Å². The Kier molecular flexibility index (Phi) is 7.34. The number of rotatable bonds is 5. The number of esters is 1. The number of carbonyl (C=O) groups excluding carboxylic acids is 2. The predicted octanol–water partition coefficient (Wildman–Crippen LogP) is 2.28. The van der Waals surface area contributed by atoms with E-state index < -0.39 is 5.60 Å². The molecular formula is C21H38N4O3. The molecule has 0 aromatic heterocycles. The molecule has 0 radical (unpaired) electrons. The highest BCUT2D eigenvalue weighted by Crippen LogP contribution is 2.25. The van der Waals surface area contributed by atoms with Crippen LogP contribution in [0.4, 0.5) is 0 Å². The summed E-state index contributed by atoms with van der Waals surface area (Å²) >= 11 is 0. The van der Waals surface area contributed by atoms with Gasteiger partial charge < -0.3 is 4.74 Å². The summed E-state index contributed by atoms with van der Waals surface area (Å²) < 4.78 is 5.55. The van der Waals surface area contributed by atoms with E-state index in [0.717, 1.165) is 71.4 Å². The third kappa shape index (κ3) is 5.67. The Hall–Kier alpha value is -1.18. The molecule has 2 saturated heterocycles. The minimum atomic E-state index is -0.409. The summed E-state index contributed by atoms with van der Waals surface area (Å²) in [6.07, 6.45) is 8.81. The molecule has 3 fully saturated rings. The molecule has 0 unspecified atom stereocenters. The highest BCUT2D eigenvalue weighted by atomic mass is 16.6. The van der Waals surface area contributed by atoms with Crippen molar-refractivity contribution in [3.8, 4) is 0 Å². The van der Waals surface area contributed by atoms with Crippen LogP contribution >= 0.6 is 0 Å². The summed E-state index contributed by atoms with van der Waals surface area (Å²) in [7, 11) is 0. The standard InChI is InChI=1S/C21H38N4O3/c1-21(2,3)28-20(27)18-9-11-22(12-10-18)23-13-15-24(16-14-23)25(17-26)19-7-5-4-6-8-19/h17-19H,4-16H2,1-3H3. The van der Waals surface area contributed by atoms with Gasteiger partial charge in [-0.1, -0.05) is 19.3 Å². The largest absolute Gasteiger partial charge is 0.460 e. The average Bonchev–Trinajstić information content (AvgIpc) is 2.69. The van der Waals surface area contributed by atoms with Crippen molar-refractivity contribution in [1.82, 2.24) is 20.0 Å². The Morgan fingerprint density at radius 3 is 2.00 bits per heavy atom. The molecule has 3 rings (SSSR count). The van der Waals surface area contributed by atoms with Gasteiger partial charge in [0.15, 0.2) is 0 Å². The second-order valence-corrected chi connectivity index (χ2v) is 9.45. The van der Waals surface area contributed by atoms with Crippen LogP contribution in [0.15, 0.2) is 0 Å². The molecule has 0 aromatic carbocycles. The Bertz CT molecular complexity index is 514. The van der Waals surface area contributed by atoms with E-state index >= 15 is 0 Å². The predicted molar refractivity (Wildman–Crippen MR) is 108 cm³/mol. The maximum Gasteiger partial charge on any atom is 0.309 e. The molecule has 2 aliphatic heterocycles.